The minimum atomic E-state index is -0.343. The standard InChI is InChI=1S/C15H16Cl2N4O/c1-2-3-7-18-15-19-8-10(9-20-15)14(22)21-12-6-4-5-11(16)13(12)17/h4-6,8-9H,2-3,7H2,1H3,(H,21,22)(H,18,19,20). The third-order valence-electron chi connectivity index (χ3n) is 2.93. The van der Waals surface area contributed by atoms with Crippen molar-refractivity contribution in [2.45, 2.75) is 19.8 Å². The first-order valence-electron chi connectivity index (χ1n) is 6.93. The molecule has 2 N–H and O–H groups in total. The van der Waals surface area contributed by atoms with Gasteiger partial charge in [-0.3, -0.25) is 4.79 Å². The van der Waals surface area contributed by atoms with Crippen LogP contribution in [0.1, 0.15) is 30.1 Å². The summed E-state index contributed by atoms with van der Waals surface area (Å²) in [4.78, 5) is 20.4. The maximum Gasteiger partial charge on any atom is 0.258 e. The van der Waals surface area contributed by atoms with Gasteiger partial charge in [-0.15, -0.1) is 0 Å². The summed E-state index contributed by atoms with van der Waals surface area (Å²) in [5, 5.41) is 6.45. The van der Waals surface area contributed by atoms with Crippen molar-refractivity contribution in [3.63, 3.8) is 0 Å². The Balaban J connectivity index is 2.02. The Bertz CT molecular complexity index is 646. The Morgan fingerprint density at radius 3 is 2.64 bits per heavy atom. The van der Waals surface area contributed by atoms with Gasteiger partial charge in [-0.25, -0.2) is 9.97 Å². The van der Waals surface area contributed by atoms with Crippen LogP contribution in [0, 0.1) is 0 Å². The smallest absolute Gasteiger partial charge is 0.258 e. The van der Waals surface area contributed by atoms with Crippen molar-refractivity contribution < 1.29 is 4.79 Å². The molecule has 0 aliphatic carbocycles. The van der Waals surface area contributed by atoms with Crippen LogP contribution in [-0.4, -0.2) is 22.4 Å². The van der Waals surface area contributed by atoms with Gasteiger partial charge in [-0.2, -0.15) is 0 Å². The zero-order valence-electron chi connectivity index (χ0n) is 12.1. The first-order valence-corrected chi connectivity index (χ1v) is 7.68. The quantitative estimate of drug-likeness (QED) is 0.772. The van der Waals surface area contributed by atoms with E-state index in [2.05, 4.69) is 27.5 Å². The van der Waals surface area contributed by atoms with Crippen molar-refractivity contribution >= 4 is 40.7 Å². The molecule has 2 rings (SSSR count). The molecule has 116 valence electrons. The van der Waals surface area contributed by atoms with Gasteiger partial charge in [0.15, 0.2) is 0 Å². The third kappa shape index (κ3) is 4.32. The van der Waals surface area contributed by atoms with E-state index in [-0.39, 0.29) is 5.91 Å². The summed E-state index contributed by atoms with van der Waals surface area (Å²) in [7, 11) is 0. The van der Waals surface area contributed by atoms with Gasteiger partial charge < -0.3 is 10.6 Å². The molecule has 0 aliphatic heterocycles. The third-order valence-corrected chi connectivity index (χ3v) is 3.75. The lowest BCUT2D eigenvalue weighted by Crippen LogP contribution is -2.14. The molecule has 0 radical (unpaired) electrons. The molecule has 0 saturated carbocycles. The molecule has 1 aromatic heterocycles. The van der Waals surface area contributed by atoms with E-state index in [0.29, 0.717) is 27.2 Å². The number of nitrogens with zero attached hydrogens (tertiary/aromatic N) is 2. The molecule has 0 saturated heterocycles. The zero-order chi connectivity index (χ0) is 15.9. The summed E-state index contributed by atoms with van der Waals surface area (Å²) in [6.45, 7) is 2.91. The molecule has 0 atom stereocenters. The Morgan fingerprint density at radius 1 is 1.23 bits per heavy atom. The van der Waals surface area contributed by atoms with Crippen molar-refractivity contribution in [2.24, 2.45) is 0 Å². The van der Waals surface area contributed by atoms with Crippen LogP contribution >= 0.6 is 23.2 Å². The Hall–Kier alpha value is -1.85. The fourth-order valence-electron chi connectivity index (χ4n) is 1.71. The van der Waals surface area contributed by atoms with Crippen LogP contribution in [-0.2, 0) is 0 Å². The second kappa shape index (κ2) is 7.96. The Kier molecular flexibility index (Phi) is 5.98. The molecule has 2 aromatic rings. The lowest BCUT2D eigenvalue weighted by atomic mass is 10.2. The average Bonchev–Trinajstić information content (AvgIpc) is 2.53. The van der Waals surface area contributed by atoms with E-state index in [1.165, 1.54) is 12.4 Å². The Labute approximate surface area is 139 Å². The van der Waals surface area contributed by atoms with Crippen LogP contribution in [0.3, 0.4) is 0 Å². The molecule has 5 nitrogen and oxygen atoms in total. The first kappa shape index (κ1) is 16.5. The summed E-state index contributed by atoms with van der Waals surface area (Å²) in [5.41, 5.74) is 0.793. The monoisotopic (exact) mass is 338 g/mol. The number of aromatic nitrogens is 2. The summed E-state index contributed by atoms with van der Waals surface area (Å²) >= 11 is 11.9. The number of amides is 1. The van der Waals surface area contributed by atoms with Crippen molar-refractivity contribution in [1.29, 1.82) is 0 Å². The van der Waals surface area contributed by atoms with Crippen LogP contribution in [0.5, 0.6) is 0 Å². The molecular formula is C15H16Cl2N4O. The summed E-state index contributed by atoms with van der Waals surface area (Å²) in [6, 6.07) is 5.04. The zero-order valence-corrected chi connectivity index (χ0v) is 13.6. The van der Waals surface area contributed by atoms with Crippen molar-refractivity contribution in [3.05, 3.63) is 46.2 Å². The van der Waals surface area contributed by atoms with E-state index < -0.39 is 0 Å². The van der Waals surface area contributed by atoms with E-state index in [9.17, 15) is 4.79 Å². The molecular weight excluding hydrogens is 323 g/mol. The van der Waals surface area contributed by atoms with Gasteiger partial charge in [-0.05, 0) is 18.6 Å². The molecule has 1 aromatic carbocycles. The van der Waals surface area contributed by atoms with Gasteiger partial charge >= 0.3 is 0 Å². The van der Waals surface area contributed by atoms with E-state index in [4.69, 9.17) is 23.2 Å². The minimum Gasteiger partial charge on any atom is -0.354 e. The summed E-state index contributed by atoms with van der Waals surface area (Å²) < 4.78 is 0. The van der Waals surface area contributed by atoms with Crippen LogP contribution in [0.25, 0.3) is 0 Å². The highest BCUT2D eigenvalue weighted by Crippen LogP contribution is 2.29. The van der Waals surface area contributed by atoms with Gasteiger partial charge in [0.25, 0.3) is 5.91 Å². The summed E-state index contributed by atoms with van der Waals surface area (Å²) in [6.07, 6.45) is 5.07. The second-order valence-corrected chi connectivity index (χ2v) is 5.42. The largest absolute Gasteiger partial charge is 0.354 e. The van der Waals surface area contributed by atoms with Gasteiger partial charge in [0.2, 0.25) is 5.95 Å². The molecule has 0 spiro atoms. The Morgan fingerprint density at radius 2 is 1.95 bits per heavy atom. The van der Waals surface area contributed by atoms with Crippen LogP contribution in [0.2, 0.25) is 10.0 Å². The average molecular weight is 339 g/mol. The van der Waals surface area contributed by atoms with Crippen LogP contribution < -0.4 is 10.6 Å². The molecule has 22 heavy (non-hydrogen) atoms. The van der Waals surface area contributed by atoms with Crippen LogP contribution in [0.4, 0.5) is 11.6 Å². The molecule has 1 amide bonds. The lowest BCUT2D eigenvalue weighted by molar-refractivity contribution is 0.102. The van der Waals surface area contributed by atoms with Crippen molar-refractivity contribution in [1.82, 2.24) is 9.97 Å². The molecule has 0 bridgehead atoms. The number of halogens is 2. The van der Waals surface area contributed by atoms with Gasteiger partial charge in [-0.1, -0.05) is 42.6 Å². The minimum absolute atomic E-state index is 0.302. The predicted octanol–water partition coefficient (Wildman–Crippen LogP) is 4.25. The molecule has 0 unspecified atom stereocenters. The lowest BCUT2D eigenvalue weighted by Gasteiger charge is -2.08. The normalized spacial score (nSPS) is 10.3. The fourth-order valence-corrected chi connectivity index (χ4v) is 2.06. The SMILES string of the molecule is CCCCNc1ncc(C(=O)Nc2cccc(Cl)c2Cl)cn1. The number of carbonyl (C=O) groups is 1. The van der Waals surface area contributed by atoms with Gasteiger partial charge in [0.05, 0.1) is 21.3 Å². The van der Waals surface area contributed by atoms with E-state index >= 15 is 0 Å². The van der Waals surface area contributed by atoms with Crippen molar-refractivity contribution in [3.8, 4) is 0 Å². The van der Waals surface area contributed by atoms with Crippen molar-refractivity contribution in [2.75, 3.05) is 17.2 Å². The topological polar surface area (TPSA) is 66.9 Å². The number of anilines is 2. The maximum atomic E-state index is 12.1. The van der Waals surface area contributed by atoms with E-state index in [0.717, 1.165) is 19.4 Å². The molecule has 7 heteroatoms. The maximum absolute atomic E-state index is 12.1. The number of hydrogen-bond donors (Lipinski definition) is 2. The second-order valence-electron chi connectivity index (χ2n) is 4.63. The number of rotatable bonds is 6. The number of unbranched alkanes of at least 4 members (excludes halogenated alkanes) is 1. The summed E-state index contributed by atoms with van der Waals surface area (Å²) in [5.74, 6) is 0.162. The van der Waals surface area contributed by atoms with E-state index in [1.807, 2.05) is 0 Å². The number of nitrogens with one attached hydrogen (secondary N) is 2. The number of carbonyl (C=O) groups excluding carboxylic acids is 1. The predicted molar refractivity (Wildman–Crippen MR) is 89.8 cm³/mol. The van der Waals surface area contributed by atoms with Gasteiger partial charge in [0, 0.05) is 18.9 Å². The van der Waals surface area contributed by atoms with Crippen LogP contribution in [0.15, 0.2) is 30.6 Å². The molecule has 0 fully saturated rings. The molecule has 0 aliphatic rings. The fraction of sp³-hybridized carbons (Fsp3) is 0.267. The van der Waals surface area contributed by atoms with Gasteiger partial charge in [0.1, 0.15) is 0 Å². The first-order chi connectivity index (χ1) is 10.6. The number of hydrogen-bond acceptors (Lipinski definition) is 4. The van der Waals surface area contributed by atoms with E-state index in [1.54, 1.807) is 18.2 Å². The molecule has 1 heterocycles. The highest BCUT2D eigenvalue weighted by molar-refractivity contribution is 6.44. The number of benzene rings is 1. The highest BCUT2D eigenvalue weighted by atomic mass is 35.5. The highest BCUT2D eigenvalue weighted by Gasteiger charge is 2.11.